The van der Waals surface area contributed by atoms with Crippen molar-refractivity contribution < 1.29 is 9.18 Å². The van der Waals surface area contributed by atoms with E-state index in [1.807, 2.05) is 11.9 Å². The molecule has 1 aromatic carbocycles. The van der Waals surface area contributed by atoms with Gasteiger partial charge in [-0.2, -0.15) is 0 Å². The number of carbonyl (C=O) groups is 1. The fourth-order valence-corrected chi connectivity index (χ4v) is 3.83. The number of amides is 1. The zero-order chi connectivity index (χ0) is 15.5. The summed E-state index contributed by atoms with van der Waals surface area (Å²) in [5.41, 5.74) is 1.06. The molecule has 3 unspecified atom stereocenters. The van der Waals surface area contributed by atoms with E-state index in [0.717, 1.165) is 18.4 Å². The van der Waals surface area contributed by atoms with E-state index >= 15 is 0 Å². The fourth-order valence-electron chi connectivity index (χ4n) is 3.83. The minimum atomic E-state index is -0.217. The summed E-state index contributed by atoms with van der Waals surface area (Å²) in [5, 5.41) is 3.54. The number of fused-ring (bicyclic) bond motifs is 1. The van der Waals surface area contributed by atoms with Crippen LogP contribution in [0.1, 0.15) is 37.7 Å². The van der Waals surface area contributed by atoms with Gasteiger partial charge >= 0.3 is 0 Å². The predicted molar refractivity (Wildman–Crippen MR) is 85.0 cm³/mol. The Morgan fingerprint density at radius 1 is 1.27 bits per heavy atom. The van der Waals surface area contributed by atoms with Gasteiger partial charge in [0.15, 0.2) is 0 Å². The molecular weight excluding hydrogens is 279 g/mol. The minimum absolute atomic E-state index is 0.00804. The minimum Gasteiger partial charge on any atom is -0.344 e. The second kappa shape index (κ2) is 6.78. The number of rotatable bonds is 4. The molecule has 22 heavy (non-hydrogen) atoms. The molecule has 1 heterocycles. The molecule has 4 heteroatoms. The first-order valence-corrected chi connectivity index (χ1v) is 8.39. The smallest absolute Gasteiger partial charge is 0.239 e. The second-order valence-corrected chi connectivity index (χ2v) is 6.74. The molecule has 2 fully saturated rings. The highest BCUT2D eigenvalue weighted by Gasteiger charge is 2.38. The third kappa shape index (κ3) is 3.49. The Balaban J connectivity index is 1.50. The van der Waals surface area contributed by atoms with Gasteiger partial charge in [-0.25, -0.2) is 4.39 Å². The summed E-state index contributed by atoms with van der Waals surface area (Å²) in [5.74, 6) is 0.677. The SMILES string of the molecule is CN(CCc1ccc(F)cc1)C(=O)C1CC2CCCCC2N1. The van der Waals surface area contributed by atoms with Gasteiger partial charge in [-0.3, -0.25) is 4.79 Å². The number of benzene rings is 1. The monoisotopic (exact) mass is 304 g/mol. The third-order valence-corrected chi connectivity index (χ3v) is 5.19. The largest absolute Gasteiger partial charge is 0.344 e. The van der Waals surface area contributed by atoms with E-state index in [0.29, 0.717) is 18.5 Å². The Morgan fingerprint density at radius 3 is 2.73 bits per heavy atom. The topological polar surface area (TPSA) is 32.3 Å². The van der Waals surface area contributed by atoms with Crippen LogP contribution in [-0.4, -0.2) is 36.5 Å². The molecule has 1 aromatic rings. The van der Waals surface area contributed by atoms with Gasteiger partial charge in [-0.05, 0) is 49.3 Å². The van der Waals surface area contributed by atoms with Crippen molar-refractivity contribution in [1.82, 2.24) is 10.2 Å². The molecule has 3 atom stereocenters. The van der Waals surface area contributed by atoms with Crippen molar-refractivity contribution in [3.63, 3.8) is 0 Å². The number of hydrogen-bond acceptors (Lipinski definition) is 2. The summed E-state index contributed by atoms with van der Waals surface area (Å²) in [6, 6.07) is 7.06. The highest BCUT2D eigenvalue weighted by molar-refractivity contribution is 5.82. The molecule has 1 saturated heterocycles. The van der Waals surface area contributed by atoms with Crippen LogP contribution in [0.5, 0.6) is 0 Å². The lowest BCUT2D eigenvalue weighted by molar-refractivity contribution is -0.131. The lowest BCUT2D eigenvalue weighted by Crippen LogP contribution is -2.44. The van der Waals surface area contributed by atoms with Crippen molar-refractivity contribution in [3.05, 3.63) is 35.6 Å². The molecule has 0 spiro atoms. The Labute approximate surface area is 131 Å². The number of carbonyl (C=O) groups excluding carboxylic acids is 1. The van der Waals surface area contributed by atoms with Crippen LogP contribution in [0.3, 0.4) is 0 Å². The van der Waals surface area contributed by atoms with Crippen molar-refractivity contribution in [2.45, 2.75) is 50.6 Å². The second-order valence-electron chi connectivity index (χ2n) is 6.74. The molecule has 1 amide bonds. The molecule has 0 radical (unpaired) electrons. The number of hydrogen-bond donors (Lipinski definition) is 1. The fraction of sp³-hybridized carbons (Fsp3) is 0.611. The van der Waals surface area contributed by atoms with Crippen LogP contribution in [-0.2, 0) is 11.2 Å². The standard InChI is InChI=1S/C18H25FN2O/c1-21(11-10-13-6-8-15(19)9-7-13)18(22)17-12-14-4-2-3-5-16(14)20-17/h6-9,14,16-17,20H,2-5,10-12H2,1H3. The van der Waals surface area contributed by atoms with Crippen molar-refractivity contribution >= 4 is 5.91 Å². The lowest BCUT2D eigenvalue weighted by atomic mass is 9.85. The highest BCUT2D eigenvalue weighted by Crippen LogP contribution is 2.33. The molecule has 120 valence electrons. The van der Waals surface area contributed by atoms with Gasteiger partial charge in [0.2, 0.25) is 5.91 Å². The molecule has 1 aliphatic carbocycles. The summed E-state index contributed by atoms with van der Waals surface area (Å²) in [6.07, 6.45) is 6.83. The van der Waals surface area contributed by atoms with Crippen molar-refractivity contribution in [2.75, 3.05) is 13.6 Å². The third-order valence-electron chi connectivity index (χ3n) is 5.19. The van der Waals surface area contributed by atoms with Crippen LogP contribution in [0, 0.1) is 11.7 Å². The van der Waals surface area contributed by atoms with Gasteiger partial charge in [-0.15, -0.1) is 0 Å². The van der Waals surface area contributed by atoms with Crippen LogP contribution in [0.2, 0.25) is 0 Å². The summed E-state index contributed by atoms with van der Waals surface area (Å²) < 4.78 is 12.9. The van der Waals surface area contributed by atoms with Crippen LogP contribution in [0.25, 0.3) is 0 Å². The lowest BCUT2D eigenvalue weighted by Gasteiger charge is -2.24. The van der Waals surface area contributed by atoms with Gasteiger partial charge in [0.25, 0.3) is 0 Å². The number of nitrogens with one attached hydrogen (secondary N) is 1. The first-order valence-electron chi connectivity index (χ1n) is 8.39. The van der Waals surface area contributed by atoms with Crippen LogP contribution in [0.4, 0.5) is 4.39 Å². The maximum absolute atomic E-state index is 12.9. The van der Waals surface area contributed by atoms with Gasteiger partial charge in [-0.1, -0.05) is 25.0 Å². The molecule has 3 rings (SSSR count). The Kier molecular flexibility index (Phi) is 4.77. The highest BCUT2D eigenvalue weighted by atomic mass is 19.1. The quantitative estimate of drug-likeness (QED) is 0.927. The molecule has 0 bridgehead atoms. The maximum Gasteiger partial charge on any atom is 0.239 e. The zero-order valence-electron chi connectivity index (χ0n) is 13.2. The average Bonchev–Trinajstić information content (AvgIpc) is 2.97. The Bertz CT molecular complexity index is 502. The van der Waals surface area contributed by atoms with Crippen molar-refractivity contribution in [1.29, 1.82) is 0 Å². The first kappa shape index (κ1) is 15.5. The van der Waals surface area contributed by atoms with E-state index in [1.165, 1.54) is 37.8 Å². The van der Waals surface area contributed by atoms with Crippen molar-refractivity contribution in [3.8, 4) is 0 Å². The number of nitrogens with zero attached hydrogens (tertiary/aromatic N) is 1. The molecule has 0 aromatic heterocycles. The van der Waals surface area contributed by atoms with Crippen LogP contribution < -0.4 is 5.32 Å². The van der Waals surface area contributed by atoms with Crippen LogP contribution in [0.15, 0.2) is 24.3 Å². The number of likely N-dealkylation sites (N-methyl/N-ethyl adjacent to an activating group) is 1. The summed E-state index contributed by atoms with van der Waals surface area (Å²) in [4.78, 5) is 14.4. The predicted octanol–water partition coefficient (Wildman–Crippen LogP) is 2.75. The van der Waals surface area contributed by atoms with Gasteiger partial charge in [0, 0.05) is 19.6 Å². The summed E-state index contributed by atoms with van der Waals surface area (Å²) in [7, 11) is 1.87. The van der Waals surface area contributed by atoms with E-state index in [4.69, 9.17) is 0 Å². The summed E-state index contributed by atoms with van der Waals surface area (Å²) >= 11 is 0. The first-order chi connectivity index (χ1) is 10.6. The van der Waals surface area contributed by atoms with Gasteiger partial charge < -0.3 is 10.2 Å². The van der Waals surface area contributed by atoms with Gasteiger partial charge in [0.05, 0.1) is 6.04 Å². The molecule has 1 saturated carbocycles. The maximum atomic E-state index is 12.9. The van der Waals surface area contributed by atoms with E-state index in [1.54, 1.807) is 12.1 Å². The Hall–Kier alpha value is -1.42. The van der Waals surface area contributed by atoms with E-state index < -0.39 is 0 Å². The number of halogens is 1. The molecule has 1 N–H and O–H groups in total. The average molecular weight is 304 g/mol. The van der Waals surface area contributed by atoms with E-state index in [-0.39, 0.29) is 17.8 Å². The molecule has 3 nitrogen and oxygen atoms in total. The van der Waals surface area contributed by atoms with E-state index in [9.17, 15) is 9.18 Å². The van der Waals surface area contributed by atoms with E-state index in [2.05, 4.69) is 5.32 Å². The summed E-state index contributed by atoms with van der Waals surface area (Å²) in [6.45, 7) is 0.679. The molecular formula is C18H25FN2O. The normalized spacial score (nSPS) is 27.5. The van der Waals surface area contributed by atoms with Crippen LogP contribution >= 0.6 is 0 Å². The molecule has 2 aliphatic rings. The Morgan fingerprint density at radius 2 is 2.00 bits per heavy atom. The van der Waals surface area contributed by atoms with Gasteiger partial charge in [0.1, 0.15) is 5.82 Å². The van der Waals surface area contributed by atoms with Crippen molar-refractivity contribution in [2.24, 2.45) is 5.92 Å². The molecule has 1 aliphatic heterocycles. The zero-order valence-corrected chi connectivity index (χ0v) is 13.2.